The van der Waals surface area contributed by atoms with Gasteiger partial charge in [0.05, 0.1) is 0 Å². The molecule has 0 bridgehead atoms. The average molecular weight is 374 g/mol. The molecule has 8 heteroatoms. The third kappa shape index (κ3) is 8.02. The summed E-state index contributed by atoms with van der Waals surface area (Å²) < 4.78 is 5.13. The number of ether oxygens (including phenoxy) is 1. The molecule has 2 aromatic carbocycles. The van der Waals surface area contributed by atoms with Crippen molar-refractivity contribution < 1.29 is 29.7 Å². The van der Waals surface area contributed by atoms with Gasteiger partial charge in [0.1, 0.15) is 19.2 Å². The second-order valence-electron chi connectivity index (χ2n) is 5.56. The monoisotopic (exact) mass is 374 g/mol. The quantitative estimate of drug-likeness (QED) is 0.631. The van der Waals surface area contributed by atoms with E-state index in [2.05, 4.69) is 10.6 Å². The van der Waals surface area contributed by atoms with Gasteiger partial charge in [0.2, 0.25) is 5.91 Å². The molecule has 144 valence electrons. The Labute approximate surface area is 156 Å². The molecule has 0 unspecified atom stereocenters. The zero-order valence-electron chi connectivity index (χ0n) is 14.6. The molecule has 0 aliphatic heterocycles. The number of carboxylic acid groups (broad SMARTS) is 1. The number of carbonyl (C=O) groups is 3. The van der Waals surface area contributed by atoms with Crippen molar-refractivity contribution >= 4 is 18.0 Å². The normalized spacial score (nSPS) is 10.8. The van der Waals surface area contributed by atoms with Gasteiger partial charge in [0.15, 0.2) is 0 Å². The lowest BCUT2D eigenvalue weighted by atomic mass is 10.1. The van der Waals surface area contributed by atoms with E-state index in [1.165, 1.54) is 0 Å². The molecule has 1 atom stereocenters. The van der Waals surface area contributed by atoms with Gasteiger partial charge in [-0.2, -0.15) is 0 Å². The maximum Gasteiger partial charge on any atom is 0.408 e. The molecule has 0 aromatic heterocycles. The van der Waals surface area contributed by atoms with Crippen LogP contribution in [0.4, 0.5) is 4.79 Å². The summed E-state index contributed by atoms with van der Waals surface area (Å²) in [7, 11) is 0. The van der Waals surface area contributed by atoms with Gasteiger partial charge >= 0.3 is 12.1 Å². The first-order valence-electron chi connectivity index (χ1n) is 8.05. The van der Waals surface area contributed by atoms with Gasteiger partial charge in [-0.1, -0.05) is 60.7 Å². The number of nitrogens with one attached hydrogen (secondary N) is 2. The molecule has 5 N–H and O–H groups in total. The second-order valence-corrected chi connectivity index (χ2v) is 5.56. The third-order valence-corrected chi connectivity index (χ3v) is 3.52. The SMILES string of the molecule is O.O=C(O)CNC(=O)[C@H](Cc1ccccc1)NC(=O)OCc1ccccc1. The van der Waals surface area contributed by atoms with Crippen molar-refractivity contribution in [3.8, 4) is 0 Å². The lowest BCUT2D eigenvalue weighted by Gasteiger charge is -2.18. The van der Waals surface area contributed by atoms with E-state index in [1.54, 1.807) is 0 Å². The Kier molecular flexibility index (Phi) is 9.04. The van der Waals surface area contributed by atoms with Crippen molar-refractivity contribution in [2.75, 3.05) is 6.54 Å². The molecule has 27 heavy (non-hydrogen) atoms. The fourth-order valence-electron chi connectivity index (χ4n) is 2.25. The highest BCUT2D eigenvalue weighted by Crippen LogP contribution is 2.05. The Balaban J connectivity index is 0.00000364. The molecule has 2 rings (SSSR count). The number of aliphatic carboxylic acids is 1. The summed E-state index contributed by atoms with van der Waals surface area (Å²) in [6.07, 6.45) is -0.535. The second kappa shape index (κ2) is 11.3. The van der Waals surface area contributed by atoms with Crippen LogP contribution in [0.15, 0.2) is 60.7 Å². The number of hydrogen-bond donors (Lipinski definition) is 3. The van der Waals surface area contributed by atoms with E-state index in [4.69, 9.17) is 9.84 Å². The Bertz CT molecular complexity index is 736. The lowest BCUT2D eigenvalue weighted by molar-refractivity contribution is -0.138. The van der Waals surface area contributed by atoms with Crippen molar-refractivity contribution in [2.45, 2.75) is 19.1 Å². The molecule has 8 nitrogen and oxygen atoms in total. The average Bonchev–Trinajstić information content (AvgIpc) is 2.65. The van der Waals surface area contributed by atoms with E-state index >= 15 is 0 Å². The number of benzene rings is 2. The van der Waals surface area contributed by atoms with Gasteiger partial charge in [-0.25, -0.2) is 4.79 Å². The van der Waals surface area contributed by atoms with E-state index in [0.29, 0.717) is 0 Å². The Hall–Kier alpha value is -3.39. The van der Waals surface area contributed by atoms with Gasteiger partial charge < -0.3 is 26.0 Å². The molecule has 0 heterocycles. The van der Waals surface area contributed by atoms with E-state index in [0.717, 1.165) is 11.1 Å². The van der Waals surface area contributed by atoms with Gasteiger partial charge in [0, 0.05) is 6.42 Å². The standard InChI is InChI=1S/C19H20N2O5.H2O/c22-17(23)12-20-18(24)16(11-14-7-3-1-4-8-14)21-19(25)26-13-15-9-5-2-6-10-15;/h1-10,16H,11-13H2,(H,20,24)(H,21,25)(H,22,23);1H2/t16-;/m0./s1. The summed E-state index contributed by atoms with van der Waals surface area (Å²) in [5, 5.41) is 13.5. The van der Waals surface area contributed by atoms with Crippen molar-refractivity contribution in [3.63, 3.8) is 0 Å². The maximum absolute atomic E-state index is 12.2. The van der Waals surface area contributed by atoms with Crippen LogP contribution in [0, 0.1) is 0 Å². The van der Waals surface area contributed by atoms with Gasteiger partial charge in [0.25, 0.3) is 0 Å². The fourth-order valence-corrected chi connectivity index (χ4v) is 2.25. The first-order valence-corrected chi connectivity index (χ1v) is 8.05. The molecule has 0 saturated heterocycles. The Morgan fingerprint density at radius 2 is 1.48 bits per heavy atom. The van der Waals surface area contributed by atoms with Crippen LogP contribution in [0.3, 0.4) is 0 Å². The largest absolute Gasteiger partial charge is 0.480 e. The smallest absolute Gasteiger partial charge is 0.408 e. The van der Waals surface area contributed by atoms with E-state index in [-0.39, 0.29) is 18.5 Å². The number of alkyl carbamates (subject to hydrolysis) is 1. The number of carbonyl (C=O) groups excluding carboxylic acids is 2. The minimum absolute atomic E-state index is 0. The van der Waals surface area contributed by atoms with Crippen LogP contribution in [0.2, 0.25) is 0 Å². The molecule has 0 spiro atoms. The predicted molar refractivity (Wildman–Crippen MR) is 98.0 cm³/mol. The minimum atomic E-state index is -1.16. The van der Waals surface area contributed by atoms with Gasteiger partial charge in [-0.3, -0.25) is 9.59 Å². The highest BCUT2D eigenvalue weighted by atomic mass is 16.5. The van der Waals surface area contributed by atoms with E-state index < -0.39 is 30.6 Å². The van der Waals surface area contributed by atoms with Crippen LogP contribution < -0.4 is 10.6 Å². The first kappa shape index (κ1) is 21.7. The van der Waals surface area contributed by atoms with Crippen molar-refractivity contribution in [1.29, 1.82) is 0 Å². The van der Waals surface area contributed by atoms with Gasteiger partial charge in [-0.15, -0.1) is 0 Å². The summed E-state index contributed by atoms with van der Waals surface area (Å²) >= 11 is 0. The predicted octanol–water partition coefficient (Wildman–Crippen LogP) is 0.900. The summed E-state index contributed by atoms with van der Waals surface area (Å²) in [6.45, 7) is -0.452. The van der Waals surface area contributed by atoms with Crippen molar-refractivity contribution in [1.82, 2.24) is 10.6 Å². The summed E-state index contributed by atoms with van der Waals surface area (Å²) in [4.78, 5) is 34.9. The zero-order valence-corrected chi connectivity index (χ0v) is 14.6. The van der Waals surface area contributed by atoms with E-state index in [1.807, 2.05) is 60.7 Å². The van der Waals surface area contributed by atoms with Crippen molar-refractivity contribution in [2.24, 2.45) is 0 Å². The number of amides is 2. The van der Waals surface area contributed by atoms with E-state index in [9.17, 15) is 14.4 Å². The number of hydrogen-bond acceptors (Lipinski definition) is 4. The number of carboxylic acids is 1. The Morgan fingerprint density at radius 3 is 2.04 bits per heavy atom. The van der Waals surface area contributed by atoms with Crippen LogP contribution in [-0.2, 0) is 27.4 Å². The molecule has 0 aliphatic carbocycles. The fraction of sp³-hybridized carbons (Fsp3) is 0.211. The molecule has 0 aliphatic rings. The van der Waals surface area contributed by atoms with Crippen LogP contribution >= 0.6 is 0 Å². The zero-order chi connectivity index (χ0) is 18.8. The molecular weight excluding hydrogens is 352 g/mol. The summed E-state index contributed by atoms with van der Waals surface area (Å²) in [6, 6.07) is 17.3. The molecular formula is C19H22N2O6. The minimum Gasteiger partial charge on any atom is -0.480 e. The Morgan fingerprint density at radius 1 is 0.926 bits per heavy atom. The summed E-state index contributed by atoms with van der Waals surface area (Å²) in [5.74, 6) is -1.75. The van der Waals surface area contributed by atoms with Crippen molar-refractivity contribution in [3.05, 3.63) is 71.8 Å². The first-order chi connectivity index (χ1) is 12.5. The van der Waals surface area contributed by atoms with Crippen LogP contribution in [0.5, 0.6) is 0 Å². The van der Waals surface area contributed by atoms with Gasteiger partial charge in [-0.05, 0) is 11.1 Å². The van der Waals surface area contributed by atoms with Crippen LogP contribution in [0.1, 0.15) is 11.1 Å². The summed E-state index contributed by atoms with van der Waals surface area (Å²) in [5.41, 5.74) is 1.64. The highest BCUT2D eigenvalue weighted by Gasteiger charge is 2.22. The molecule has 2 aromatic rings. The maximum atomic E-state index is 12.2. The third-order valence-electron chi connectivity index (χ3n) is 3.52. The topological polar surface area (TPSA) is 136 Å². The van der Waals surface area contributed by atoms with Crippen LogP contribution in [0.25, 0.3) is 0 Å². The van der Waals surface area contributed by atoms with Crippen LogP contribution in [-0.4, -0.2) is 41.1 Å². The highest BCUT2D eigenvalue weighted by molar-refractivity contribution is 5.88. The molecule has 0 saturated carbocycles. The number of rotatable bonds is 8. The molecule has 2 amide bonds. The lowest BCUT2D eigenvalue weighted by Crippen LogP contribution is -2.49. The molecule has 0 radical (unpaired) electrons. The molecule has 0 fully saturated rings.